The molecule has 0 unspecified atom stereocenters. The number of hydrogen-bond acceptors (Lipinski definition) is 4. The molecule has 0 aliphatic heterocycles. The van der Waals surface area contributed by atoms with Gasteiger partial charge in [-0.2, -0.15) is 5.10 Å². The van der Waals surface area contributed by atoms with E-state index in [1.54, 1.807) is 12.1 Å². The number of carbonyl (C=O) groups excluding carboxylic acids is 1. The SMILES string of the molecule is CCCCCCC(=O)N/N=C\c1cccc([N+](=O)[O-])c1. The summed E-state index contributed by atoms with van der Waals surface area (Å²) in [5.41, 5.74) is 2.99. The van der Waals surface area contributed by atoms with Crippen LogP contribution in [0.15, 0.2) is 29.4 Å². The van der Waals surface area contributed by atoms with Gasteiger partial charge in [-0.3, -0.25) is 14.9 Å². The highest BCUT2D eigenvalue weighted by molar-refractivity contribution is 5.83. The van der Waals surface area contributed by atoms with Gasteiger partial charge in [-0.25, -0.2) is 5.43 Å². The summed E-state index contributed by atoms with van der Waals surface area (Å²) in [5, 5.41) is 14.4. The molecule has 0 aliphatic carbocycles. The Bertz CT molecular complexity index is 486. The molecule has 0 aromatic heterocycles. The number of unbranched alkanes of at least 4 members (excludes halogenated alkanes) is 3. The monoisotopic (exact) mass is 277 g/mol. The van der Waals surface area contributed by atoms with Crippen LogP contribution in [-0.2, 0) is 4.79 Å². The number of nitrogens with one attached hydrogen (secondary N) is 1. The van der Waals surface area contributed by atoms with Gasteiger partial charge in [-0.1, -0.05) is 38.3 Å². The minimum atomic E-state index is -0.469. The molecule has 0 saturated heterocycles. The molecule has 1 aromatic rings. The van der Waals surface area contributed by atoms with E-state index in [1.165, 1.54) is 18.3 Å². The van der Waals surface area contributed by atoms with Crippen molar-refractivity contribution < 1.29 is 9.72 Å². The van der Waals surface area contributed by atoms with Crippen LogP contribution in [0.25, 0.3) is 0 Å². The van der Waals surface area contributed by atoms with E-state index in [4.69, 9.17) is 0 Å². The fourth-order valence-corrected chi connectivity index (χ4v) is 1.67. The quantitative estimate of drug-likeness (QED) is 0.343. The van der Waals surface area contributed by atoms with Crippen molar-refractivity contribution in [2.75, 3.05) is 0 Å². The first-order valence-corrected chi connectivity index (χ1v) is 6.70. The summed E-state index contributed by atoms with van der Waals surface area (Å²) in [4.78, 5) is 21.6. The van der Waals surface area contributed by atoms with E-state index in [9.17, 15) is 14.9 Å². The van der Waals surface area contributed by atoms with E-state index in [0.29, 0.717) is 12.0 Å². The van der Waals surface area contributed by atoms with Crippen molar-refractivity contribution in [1.29, 1.82) is 0 Å². The Morgan fingerprint density at radius 1 is 1.40 bits per heavy atom. The van der Waals surface area contributed by atoms with Crippen LogP contribution in [0.2, 0.25) is 0 Å². The Kier molecular flexibility index (Phi) is 6.95. The van der Waals surface area contributed by atoms with Crippen molar-refractivity contribution in [1.82, 2.24) is 5.43 Å². The number of benzene rings is 1. The van der Waals surface area contributed by atoms with Gasteiger partial charge < -0.3 is 0 Å². The molecule has 1 N–H and O–H groups in total. The normalized spacial score (nSPS) is 10.7. The fourth-order valence-electron chi connectivity index (χ4n) is 1.67. The average molecular weight is 277 g/mol. The maximum atomic E-state index is 11.4. The van der Waals surface area contributed by atoms with Crippen LogP contribution in [-0.4, -0.2) is 17.0 Å². The third-order valence-electron chi connectivity index (χ3n) is 2.74. The second-order valence-corrected chi connectivity index (χ2v) is 4.46. The van der Waals surface area contributed by atoms with Crippen molar-refractivity contribution in [3.05, 3.63) is 39.9 Å². The molecule has 0 radical (unpaired) electrons. The summed E-state index contributed by atoms with van der Waals surface area (Å²) in [7, 11) is 0. The van der Waals surface area contributed by atoms with E-state index < -0.39 is 4.92 Å². The van der Waals surface area contributed by atoms with Crippen LogP contribution in [0, 0.1) is 10.1 Å². The number of amides is 1. The predicted molar refractivity (Wildman–Crippen MR) is 77.6 cm³/mol. The smallest absolute Gasteiger partial charge is 0.270 e. The second-order valence-electron chi connectivity index (χ2n) is 4.46. The van der Waals surface area contributed by atoms with Crippen LogP contribution < -0.4 is 5.43 Å². The summed E-state index contributed by atoms with van der Waals surface area (Å²) >= 11 is 0. The molecule has 1 amide bonds. The zero-order valence-electron chi connectivity index (χ0n) is 11.5. The molecule has 0 fully saturated rings. The first kappa shape index (κ1) is 15.8. The molecular formula is C14H19N3O3. The van der Waals surface area contributed by atoms with Crippen molar-refractivity contribution in [2.24, 2.45) is 5.10 Å². The van der Waals surface area contributed by atoms with Crippen LogP contribution >= 0.6 is 0 Å². The van der Waals surface area contributed by atoms with Crippen molar-refractivity contribution in [3.63, 3.8) is 0 Å². The van der Waals surface area contributed by atoms with E-state index in [1.807, 2.05) is 0 Å². The van der Waals surface area contributed by atoms with Crippen LogP contribution in [0.5, 0.6) is 0 Å². The zero-order chi connectivity index (χ0) is 14.8. The number of hydrazone groups is 1. The van der Waals surface area contributed by atoms with E-state index in [2.05, 4.69) is 17.5 Å². The minimum Gasteiger partial charge on any atom is -0.273 e. The summed E-state index contributed by atoms with van der Waals surface area (Å²) in [6.07, 6.45) is 6.00. The van der Waals surface area contributed by atoms with Gasteiger partial charge in [0.05, 0.1) is 11.1 Å². The summed E-state index contributed by atoms with van der Waals surface area (Å²) in [5.74, 6) is -0.136. The van der Waals surface area contributed by atoms with Crippen LogP contribution in [0.1, 0.15) is 44.6 Å². The number of carbonyl (C=O) groups is 1. The molecule has 1 rings (SSSR count). The van der Waals surface area contributed by atoms with Gasteiger partial charge in [0.25, 0.3) is 5.69 Å². The third-order valence-corrected chi connectivity index (χ3v) is 2.74. The van der Waals surface area contributed by atoms with Gasteiger partial charge in [0, 0.05) is 24.1 Å². The number of nitro benzene ring substituents is 1. The maximum absolute atomic E-state index is 11.4. The summed E-state index contributed by atoms with van der Waals surface area (Å²) in [6.45, 7) is 2.11. The molecular weight excluding hydrogens is 258 g/mol. The van der Waals surface area contributed by atoms with Gasteiger partial charge in [0.2, 0.25) is 5.91 Å². The molecule has 20 heavy (non-hydrogen) atoms. The standard InChI is InChI=1S/C14H19N3O3/c1-2-3-4-5-9-14(18)16-15-11-12-7-6-8-13(10-12)17(19)20/h6-8,10-11H,2-5,9H2,1H3,(H,16,18)/b15-11-. The number of rotatable bonds is 8. The molecule has 6 nitrogen and oxygen atoms in total. The van der Waals surface area contributed by atoms with Gasteiger partial charge in [0.15, 0.2) is 0 Å². The first-order valence-electron chi connectivity index (χ1n) is 6.70. The highest BCUT2D eigenvalue weighted by Crippen LogP contribution is 2.11. The van der Waals surface area contributed by atoms with Crippen molar-refractivity contribution in [2.45, 2.75) is 39.0 Å². The number of nitro groups is 1. The Balaban J connectivity index is 2.38. The predicted octanol–water partition coefficient (Wildman–Crippen LogP) is 3.02. The highest BCUT2D eigenvalue weighted by atomic mass is 16.6. The molecule has 0 aliphatic rings. The van der Waals surface area contributed by atoms with Crippen LogP contribution in [0.3, 0.4) is 0 Å². The lowest BCUT2D eigenvalue weighted by Gasteiger charge is -1.99. The molecule has 0 bridgehead atoms. The third kappa shape index (κ3) is 6.08. The van der Waals surface area contributed by atoms with Crippen molar-refractivity contribution >= 4 is 17.8 Å². The minimum absolute atomic E-state index is 0.000146. The maximum Gasteiger partial charge on any atom is 0.270 e. The number of nitrogens with zero attached hydrogens (tertiary/aromatic N) is 2. The van der Waals surface area contributed by atoms with E-state index in [0.717, 1.165) is 25.7 Å². The Morgan fingerprint density at radius 3 is 2.90 bits per heavy atom. The van der Waals surface area contributed by atoms with Gasteiger partial charge in [0.1, 0.15) is 0 Å². The molecule has 108 valence electrons. The molecule has 6 heteroatoms. The topological polar surface area (TPSA) is 84.6 Å². The average Bonchev–Trinajstić information content (AvgIpc) is 2.44. The zero-order valence-corrected chi connectivity index (χ0v) is 11.5. The Labute approximate surface area is 118 Å². The lowest BCUT2D eigenvalue weighted by Crippen LogP contribution is -2.16. The number of hydrogen-bond donors (Lipinski definition) is 1. The second kappa shape index (κ2) is 8.79. The molecule has 1 aromatic carbocycles. The summed E-state index contributed by atoms with van der Waals surface area (Å²) in [6, 6.07) is 6.07. The Hall–Kier alpha value is -2.24. The first-order chi connectivity index (χ1) is 9.63. The molecule has 0 heterocycles. The Morgan fingerprint density at radius 2 is 2.20 bits per heavy atom. The van der Waals surface area contributed by atoms with Gasteiger partial charge >= 0.3 is 0 Å². The van der Waals surface area contributed by atoms with Gasteiger partial charge in [-0.05, 0) is 6.42 Å². The van der Waals surface area contributed by atoms with Crippen LogP contribution in [0.4, 0.5) is 5.69 Å². The lowest BCUT2D eigenvalue weighted by atomic mass is 10.1. The largest absolute Gasteiger partial charge is 0.273 e. The molecule has 0 spiro atoms. The fraction of sp³-hybridized carbons (Fsp3) is 0.429. The molecule has 0 saturated carbocycles. The number of non-ortho nitro benzene ring substituents is 1. The van der Waals surface area contributed by atoms with Gasteiger partial charge in [-0.15, -0.1) is 0 Å². The summed E-state index contributed by atoms with van der Waals surface area (Å²) < 4.78 is 0. The van der Waals surface area contributed by atoms with E-state index >= 15 is 0 Å². The van der Waals surface area contributed by atoms with E-state index in [-0.39, 0.29) is 11.6 Å². The molecule has 0 atom stereocenters. The highest BCUT2D eigenvalue weighted by Gasteiger charge is 2.04. The lowest BCUT2D eigenvalue weighted by molar-refractivity contribution is -0.384. The van der Waals surface area contributed by atoms with Crippen molar-refractivity contribution in [3.8, 4) is 0 Å².